The predicted molar refractivity (Wildman–Crippen MR) is 88.6 cm³/mol. The molecule has 128 valence electrons. The van der Waals surface area contributed by atoms with Gasteiger partial charge in [0.25, 0.3) is 0 Å². The van der Waals surface area contributed by atoms with Gasteiger partial charge in [0, 0.05) is 26.7 Å². The number of ether oxygens (including phenoxy) is 1. The van der Waals surface area contributed by atoms with Crippen LogP contribution in [0.15, 0.2) is 0 Å². The number of aromatic nitrogens is 2. The van der Waals surface area contributed by atoms with Crippen LogP contribution in [-0.2, 0) is 4.74 Å². The van der Waals surface area contributed by atoms with Crippen LogP contribution in [0, 0.1) is 22.0 Å². The van der Waals surface area contributed by atoms with E-state index in [2.05, 4.69) is 29.1 Å². The van der Waals surface area contributed by atoms with Gasteiger partial charge in [-0.2, -0.15) is 9.97 Å². The lowest BCUT2D eigenvalue weighted by Gasteiger charge is -2.35. The largest absolute Gasteiger partial charge is 0.383 e. The minimum absolute atomic E-state index is 0.120. The maximum Gasteiger partial charge on any atom is 0.353 e. The molecule has 0 aromatic carbocycles. The summed E-state index contributed by atoms with van der Waals surface area (Å²) >= 11 is 0. The van der Waals surface area contributed by atoms with Gasteiger partial charge in [-0.15, -0.1) is 0 Å². The molecule has 1 aromatic rings. The number of anilines is 3. The lowest BCUT2D eigenvalue weighted by Crippen LogP contribution is -2.39. The first kappa shape index (κ1) is 17.2. The highest BCUT2D eigenvalue weighted by molar-refractivity contribution is 5.71. The minimum atomic E-state index is -0.506. The predicted octanol–water partition coefficient (Wildman–Crippen LogP) is 1.51. The number of nitrogens with one attached hydrogen (secondary N) is 1. The maximum atomic E-state index is 11.4. The van der Waals surface area contributed by atoms with Crippen molar-refractivity contribution in [1.29, 1.82) is 0 Å². The molecule has 2 atom stereocenters. The van der Waals surface area contributed by atoms with Gasteiger partial charge in [-0.3, -0.25) is 10.1 Å². The molecule has 1 aliphatic rings. The topological polar surface area (TPSA) is 119 Å². The third-order valence-corrected chi connectivity index (χ3v) is 3.83. The summed E-state index contributed by atoms with van der Waals surface area (Å²) in [4.78, 5) is 21.2. The third kappa shape index (κ3) is 4.19. The molecule has 0 bridgehead atoms. The molecule has 1 saturated heterocycles. The summed E-state index contributed by atoms with van der Waals surface area (Å²) < 4.78 is 4.96. The summed E-state index contributed by atoms with van der Waals surface area (Å²) in [6, 6.07) is 0. The number of nitro groups is 1. The van der Waals surface area contributed by atoms with Gasteiger partial charge in [0.05, 0.1) is 11.5 Å². The molecule has 0 amide bonds. The molecule has 2 rings (SSSR count). The van der Waals surface area contributed by atoms with E-state index in [1.165, 1.54) is 0 Å². The van der Waals surface area contributed by atoms with Gasteiger partial charge in [-0.1, -0.05) is 13.8 Å². The van der Waals surface area contributed by atoms with Crippen molar-refractivity contribution in [2.24, 2.45) is 11.8 Å². The molecule has 9 heteroatoms. The van der Waals surface area contributed by atoms with Crippen molar-refractivity contribution in [1.82, 2.24) is 9.97 Å². The average Bonchev–Trinajstić information content (AvgIpc) is 2.45. The van der Waals surface area contributed by atoms with Gasteiger partial charge < -0.3 is 20.7 Å². The summed E-state index contributed by atoms with van der Waals surface area (Å²) in [5.74, 6) is 1.34. The van der Waals surface area contributed by atoms with Gasteiger partial charge >= 0.3 is 5.69 Å². The molecule has 1 aromatic heterocycles. The molecule has 0 saturated carbocycles. The van der Waals surface area contributed by atoms with Crippen molar-refractivity contribution in [3.8, 4) is 0 Å². The molecule has 23 heavy (non-hydrogen) atoms. The van der Waals surface area contributed by atoms with Crippen molar-refractivity contribution in [2.45, 2.75) is 20.3 Å². The average molecular weight is 324 g/mol. The van der Waals surface area contributed by atoms with Crippen molar-refractivity contribution in [2.75, 3.05) is 49.3 Å². The van der Waals surface area contributed by atoms with Crippen LogP contribution >= 0.6 is 0 Å². The van der Waals surface area contributed by atoms with Crippen molar-refractivity contribution in [3.05, 3.63) is 10.1 Å². The monoisotopic (exact) mass is 324 g/mol. The van der Waals surface area contributed by atoms with Crippen LogP contribution < -0.4 is 16.0 Å². The molecule has 0 radical (unpaired) electrons. The first-order valence-corrected chi connectivity index (χ1v) is 7.72. The Morgan fingerprint density at radius 2 is 2.04 bits per heavy atom. The van der Waals surface area contributed by atoms with Crippen molar-refractivity contribution < 1.29 is 9.66 Å². The van der Waals surface area contributed by atoms with E-state index >= 15 is 0 Å². The first-order valence-electron chi connectivity index (χ1n) is 7.72. The van der Waals surface area contributed by atoms with E-state index in [0.29, 0.717) is 30.8 Å². The maximum absolute atomic E-state index is 11.4. The van der Waals surface area contributed by atoms with E-state index in [1.807, 2.05) is 4.90 Å². The summed E-state index contributed by atoms with van der Waals surface area (Å²) in [5.41, 5.74) is 5.59. The van der Waals surface area contributed by atoms with Crippen LogP contribution in [-0.4, -0.2) is 48.2 Å². The Labute approximate surface area is 135 Å². The second-order valence-corrected chi connectivity index (χ2v) is 6.13. The quantitative estimate of drug-likeness (QED) is 0.459. The summed E-state index contributed by atoms with van der Waals surface area (Å²) in [5, 5.41) is 14.4. The summed E-state index contributed by atoms with van der Waals surface area (Å²) in [6.07, 6.45) is 1.10. The fraction of sp³-hybridized carbons (Fsp3) is 0.714. The number of methoxy groups -OCH3 is 1. The second-order valence-electron chi connectivity index (χ2n) is 6.13. The van der Waals surface area contributed by atoms with Crippen LogP contribution in [0.25, 0.3) is 0 Å². The zero-order chi connectivity index (χ0) is 17.0. The van der Waals surface area contributed by atoms with E-state index in [-0.39, 0.29) is 17.5 Å². The fourth-order valence-electron chi connectivity index (χ4n) is 3.04. The van der Waals surface area contributed by atoms with Crippen molar-refractivity contribution in [3.63, 3.8) is 0 Å². The normalized spacial score (nSPS) is 21.3. The number of piperidine rings is 1. The van der Waals surface area contributed by atoms with Crippen LogP contribution in [0.5, 0.6) is 0 Å². The van der Waals surface area contributed by atoms with Crippen molar-refractivity contribution >= 4 is 23.3 Å². The third-order valence-electron chi connectivity index (χ3n) is 3.83. The highest BCUT2D eigenvalue weighted by atomic mass is 16.6. The number of nitrogens with zero attached hydrogens (tertiary/aromatic N) is 4. The van der Waals surface area contributed by atoms with Gasteiger partial charge in [0.2, 0.25) is 17.6 Å². The number of hydrogen-bond acceptors (Lipinski definition) is 8. The SMILES string of the molecule is COCCNc1nc(N)c([N+](=O)[O-])c(N2C[C@@H](C)C[C@H](C)C2)n1. The number of nitrogen functional groups attached to an aromatic ring is 1. The summed E-state index contributed by atoms with van der Waals surface area (Å²) in [6.45, 7) is 6.69. The fourth-order valence-corrected chi connectivity index (χ4v) is 3.04. The highest BCUT2D eigenvalue weighted by Crippen LogP contribution is 2.35. The van der Waals surface area contributed by atoms with Crippen LogP contribution in [0.1, 0.15) is 20.3 Å². The standard InChI is InChI=1S/C14H24N6O3/c1-9-6-10(2)8-19(7-9)13-11(20(21)22)12(15)17-14(18-13)16-4-5-23-3/h9-10H,4-8H2,1-3H3,(H3,15,16,17,18)/t9-,10-/m0/s1. The van der Waals surface area contributed by atoms with E-state index in [4.69, 9.17) is 10.5 Å². The van der Waals surface area contributed by atoms with E-state index < -0.39 is 4.92 Å². The molecule has 9 nitrogen and oxygen atoms in total. The van der Waals surface area contributed by atoms with Gasteiger partial charge in [0.15, 0.2) is 0 Å². The Hall–Kier alpha value is -2.16. The smallest absolute Gasteiger partial charge is 0.353 e. The molecule has 1 aliphatic heterocycles. The summed E-state index contributed by atoms with van der Waals surface area (Å²) in [7, 11) is 1.59. The zero-order valence-electron chi connectivity index (χ0n) is 13.8. The Bertz CT molecular complexity index is 558. The first-order chi connectivity index (χ1) is 10.9. The number of nitrogens with two attached hydrogens (primary N) is 1. The molecule has 2 heterocycles. The van der Waals surface area contributed by atoms with Gasteiger partial charge in [-0.25, -0.2) is 0 Å². The molecule has 0 unspecified atom stereocenters. The van der Waals surface area contributed by atoms with Gasteiger partial charge in [-0.05, 0) is 18.3 Å². The van der Waals surface area contributed by atoms with E-state index in [1.54, 1.807) is 7.11 Å². The minimum Gasteiger partial charge on any atom is -0.383 e. The molecule has 0 spiro atoms. The van der Waals surface area contributed by atoms with Crippen LogP contribution in [0.2, 0.25) is 0 Å². The molecule has 0 aliphatic carbocycles. The van der Waals surface area contributed by atoms with Crippen LogP contribution in [0.4, 0.5) is 23.3 Å². The highest BCUT2D eigenvalue weighted by Gasteiger charge is 2.31. The lowest BCUT2D eigenvalue weighted by atomic mass is 9.92. The number of hydrogen-bond donors (Lipinski definition) is 2. The lowest BCUT2D eigenvalue weighted by molar-refractivity contribution is -0.383. The Kier molecular flexibility index (Phi) is 5.54. The Balaban J connectivity index is 2.35. The van der Waals surface area contributed by atoms with Crippen LogP contribution in [0.3, 0.4) is 0 Å². The van der Waals surface area contributed by atoms with Gasteiger partial charge in [0.1, 0.15) is 0 Å². The molecule has 3 N–H and O–H groups in total. The van der Waals surface area contributed by atoms with E-state index in [0.717, 1.165) is 19.5 Å². The Morgan fingerprint density at radius 1 is 1.39 bits per heavy atom. The molecule has 1 fully saturated rings. The molecular weight excluding hydrogens is 300 g/mol. The Morgan fingerprint density at radius 3 is 2.61 bits per heavy atom. The second kappa shape index (κ2) is 7.40. The zero-order valence-corrected chi connectivity index (χ0v) is 13.8. The van der Waals surface area contributed by atoms with E-state index in [9.17, 15) is 10.1 Å². The number of rotatable bonds is 6. The molecular formula is C14H24N6O3.